The molecule has 1 heterocycles. The fourth-order valence-corrected chi connectivity index (χ4v) is 1.34. The summed E-state index contributed by atoms with van der Waals surface area (Å²) in [7, 11) is 0. The minimum atomic E-state index is 0.250. The summed E-state index contributed by atoms with van der Waals surface area (Å²) in [5.74, 6) is 0. The second kappa shape index (κ2) is 3.35. The molecule has 0 N–H and O–H groups in total. The Balaban J connectivity index is 2.25. The molecule has 60 valence electrons. The van der Waals surface area contributed by atoms with Gasteiger partial charge in [0.2, 0.25) is 0 Å². The standard InChI is InChI=1S/C11H11N/c1-2-6-10(7-3-1)11-8-4-5-9-12-11/h1-4,6-9,11H,5H2. The quantitative estimate of drug-likeness (QED) is 0.556. The van der Waals surface area contributed by atoms with Gasteiger partial charge in [-0.25, -0.2) is 0 Å². The number of hydrogen-bond acceptors (Lipinski definition) is 1. The van der Waals surface area contributed by atoms with E-state index in [4.69, 9.17) is 0 Å². The zero-order valence-corrected chi connectivity index (χ0v) is 6.85. The summed E-state index contributed by atoms with van der Waals surface area (Å²) in [6.07, 6.45) is 7.25. The topological polar surface area (TPSA) is 12.4 Å². The summed E-state index contributed by atoms with van der Waals surface area (Å²) >= 11 is 0. The van der Waals surface area contributed by atoms with Crippen molar-refractivity contribution in [2.24, 2.45) is 4.99 Å². The minimum absolute atomic E-state index is 0.250. The van der Waals surface area contributed by atoms with Crippen molar-refractivity contribution in [3.8, 4) is 0 Å². The van der Waals surface area contributed by atoms with E-state index in [0.29, 0.717) is 0 Å². The van der Waals surface area contributed by atoms with Gasteiger partial charge in [-0.2, -0.15) is 0 Å². The molecule has 0 radical (unpaired) electrons. The highest BCUT2D eigenvalue weighted by molar-refractivity contribution is 5.61. The number of allylic oxidation sites excluding steroid dienone is 1. The number of rotatable bonds is 1. The van der Waals surface area contributed by atoms with Crippen LogP contribution < -0.4 is 0 Å². The summed E-state index contributed by atoms with van der Waals surface area (Å²) in [5.41, 5.74) is 1.27. The van der Waals surface area contributed by atoms with Crippen LogP contribution in [0.15, 0.2) is 47.5 Å². The number of benzene rings is 1. The summed E-state index contributed by atoms with van der Waals surface area (Å²) in [5, 5.41) is 0. The molecule has 0 amide bonds. The number of hydrogen-bond donors (Lipinski definition) is 0. The minimum Gasteiger partial charge on any atom is -0.285 e. The van der Waals surface area contributed by atoms with Gasteiger partial charge in [0.15, 0.2) is 0 Å². The zero-order chi connectivity index (χ0) is 8.23. The predicted octanol–water partition coefficient (Wildman–Crippen LogP) is 2.76. The van der Waals surface area contributed by atoms with Crippen LogP contribution in [-0.4, -0.2) is 6.21 Å². The van der Waals surface area contributed by atoms with Crippen molar-refractivity contribution in [1.29, 1.82) is 0 Å². The Kier molecular flexibility index (Phi) is 2.04. The van der Waals surface area contributed by atoms with E-state index in [0.717, 1.165) is 6.42 Å². The molecular weight excluding hydrogens is 146 g/mol. The Bertz CT molecular complexity index is 286. The Hall–Kier alpha value is -1.37. The third-order valence-corrected chi connectivity index (χ3v) is 1.97. The first kappa shape index (κ1) is 7.29. The largest absolute Gasteiger partial charge is 0.285 e. The highest BCUT2D eigenvalue weighted by atomic mass is 14.8. The molecule has 0 bridgehead atoms. The summed E-state index contributed by atoms with van der Waals surface area (Å²) in [6, 6.07) is 10.6. The highest BCUT2D eigenvalue weighted by Crippen LogP contribution is 2.20. The van der Waals surface area contributed by atoms with Gasteiger partial charge < -0.3 is 0 Å². The highest BCUT2D eigenvalue weighted by Gasteiger charge is 2.05. The first-order valence-electron chi connectivity index (χ1n) is 4.20. The lowest BCUT2D eigenvalue weighted by molar-refractivity contribution is 0.898. The van der Waals surface area contributed by atoms with Crippen LogP contribution in [0.5, 0.6) is 0 Å². The number of nitrogens with zero attached hydrogens (tertiary/aromatic N) is 1. The van der Waals surface area contributed by atoms with Crippen molar-refractivity contribution < 1.29 is 0 Å². The summed E-state index contributed by atoms with van der Waals surface area (Å²) in [4.78, 5) is 4.39. The third-order valence-electron chi connectivity index (χ3n) is 1.97. The zero-order valence-electron chi connectivity index (χ0n) is 6.85. The van der Waals surface area contributed by atoms with Crippen LogP contribution in [0.4, 0.5) is 0 Å². The van der Waals surface area contributed by atoms with E-state index in [1.807, 2.05) is 24.4 Å². The van der Waals surface area contributed by atoms with Gasteiger partial charge in [-0.15, -0.1) is 0 Å². The van der Waals surface area contributed by atoms with E-state index in [2.05, 4.69) is 29.3 Å². The van der Waals surface area contributed by atoms with Gasteiger partial charge in [-0.05, 0) is 5.56 Å². The maximum absolute atomic E-state index is 4.39. The molecule has 1 aliphatic heterocycles. The van der Waals surface area contributed by atoms with Gasteiger partial charge in [0.25, 0.3) is 0 Å². The molecule has 1 nitrogen and oxygen atoms in total. The normalized spacial score (nSPS) is 21.2. The molecule has 1 aliphatic rings. The monoisotopic (exact) mass is 157 g/mol. The van der Waals surface area contributed by atoms with Gasteiger partial charge in [0.1, 0.15) is 0 Å². The molecule has 1 aromatic carbocycles. The molecule has 0 aliphatic carbocycles. The van der Waals surface area contributed by atoms with Crippen molar-refractivity contribution in [2.45, 2.75) is 12.5 Å². The van der Waals surface area contributed by atoms with Gasteiger partial charge in [0, 0.05) is 12.6 Å². The van der Waals surface area contributed by atoms with Crippen LogP contribution in [0.1, 0.15) is 18.0 Å². The van der Waals surface area contributed by atoms with Crippen LogP contribution >= 0.6 is 0 Å². The fraction of sp³-hybridized carbons (Fsp3) is 0.182. The van der Waals surface area contributed by atoms with Crippen molar-refractivity contribution in [2.75, 3.05) is 0 Å². The molecule has 12 heavy (non-hydrogen) atoms. The lowest BCUT2D eigenvalue weighted by Gasteiger charge is -2.09. The third kappa shape index (κ3) is 1.45. The van der Waals surface area contributed by atoms with Crippen LogP contribution in [0.2, 0.25) is 0 Å². The summed E-state index contributed by atoms with van der Waals surface area (Å²) < 4.78 is 0. The van der Waals surface area contributed by atoms with E-state index < -0.39 is 0 Å². The number of aliphatic imine (C=N–C) groups is 1. The average Bonchev–Trinajstić information content (AvgIpc) is 2.21. The van der Waals surface area contributed by atoms with Gasteiger partial charge in [-0.3, -0.25) is 4.99 Å². The van der Waals surface area contributed by atoms with Crippen LogP contribution in [0, 0.1) is 0 Å². The predicted molar refractivity (Wildman–Crippen MR) is 51.4 cm³/mol. The SMILES string of the molecule is C1=CC(c2ccccc2)N=CC1. The van der Waals surface area contributed by atoms with E-state index in [9.17, 15) is 0 Å². The molecule has 0 fully saturated rings. The maximum Gasteiger partial charge on any atom is 0.0926 e. The molecule has 1 unspecified atom stereocenters. The van der Waals surface area contributed by atoms with Crippen molar-refractivity contribution >= 4 is 6.21 Å². The van der Waals surface area contributed by atoms with E-state index in [1.165, 1.54) is 5.56 Å². The molecule has 0 saturated carbocycles. The summed E-state index contributed by atoms with van der Waals surface area (Å²) in [6.45, 7) is 0. The molecular formula is C11H11N. The number of dihydropyridines is 1. The van der Waals surface area contributed by atoms with E-state index in [1.54, 1.807) is 0 Å². The first-order chi connectivity index (χ1) is 5.97. The van der Waals surface area contributed by atoms with Gasteiger partial charge in [-0.1, -0.05) is 42.5 Å². The second-order valence-corrected chi connectivity index (χ2v) is 2.85. The van der Waals surface area contributed by atoms with Crippen molar-refractivity contribution in [3.63, 3.8) is 0 Å². The van der Waals surface area contributed by atoms with Crippen LogP contribution in [-0.2, 0) is 0 Å². The molecule has 2 rings (SSSR count). The molecule has 1 atom stereocenters. The Morgan fingerprint density at radius 1 is 1.17 bits per heavy atom. The van der Waals surface area contributed by atoms with Crippen LogP contribution in [0.25, 0.3) is 0 Å². The fourth-order valence-electron chi connectivity index (χ4n) is 1.34. The van der Waals surface area contributed by atoms with Crippen molar-refractivity contribution in [1.82, 2.24) is 0 Å². The molecule has 1 aromatic rings. The Labute approximate surface area is 72.5 Å². The molecule has 0 saturated heterocycles. The Morgan fingerprint density at radius 2 is 2.00 bits per heavy atom. The molecule has 1 heteroatoms. The average molecular weight is 157 g/mol. The Morgan fingerprint density at radius 3 is 2.67 bits per heavy atom. The van der Waals surface area contributed by atoms with E-state index >= 15 is 0 Å². The molecule has 0 aromatic heterocycles. The lowest BCUT2D eigenvalue weighted by atomic mass is 10.1. The van der Waals surface area contributed by atoms with Gasteiger partial charge >= 0.3 is 0 Å². The lowest BCUT2D eigenvalue weighted by Crippen LogP contribution is -1.95. The smallest absolute Gasteiger partial charge is 0.0926 e. The molecule has 0 spiro atoms. The van der Waals surface area contributed by atoms with Crippen molar-refractivity contribution in [3.05, 3.63) is 48.0 Å². The van der Waals surface area contributed by atoms with Gasteiger partial charge in [0.05, 0.1) is 6.04 Å². The first-order valence-corrected chi connectivity index (χ1v) is 4.20. The maximum atomic E-state index is 4.39. The second-order valence-electron chi connectivity index (χ2n) is 2.85. The van der Waals surface area contributed by atoms with E-state index in [-0.39, 0.29) is 6.04 Å². The van der Waals surface area contributed by atoms with Crippen LogP contribution in [0.3, 0.4) is 0 Å².